The van der Waals surface area contributed by atoms with Gasteiger partial charge in [0.25, 0.3) is 0 Å². The molecule has 0 aliphatic heterocycles. The molecule has 22 heavy (non-hydrogen) atoms. The summed E-state index contributed by atoms with van der Waals surface area (Å²) in [4.78, 5) is 11.7. The Morgan fingerprint density at radius 1 is 1.09 bits per heavy atom. The summed E-state index contributed by atoms with van der Waals surface area (Å²) in [7, 11) is 0. The van der Waals surface area contributed by atoms with Crippen molar-refractivity contribution >= 4 is 35.3 Å². The average molecular weight is 361 g/mol. The van der Waals surface area contributed by atoms with Crippen molar-refractivity contribution in [3.63, 3.8) is 0 Å². The number of rotatable bonds is 3. The second-order valence-corrected chi connectivity index (χ2v) is 6.38. The minimum absolute atomic E-state index is 0.132. The molecule has 0 spiro atoms. The van der Waals surface area contributed by atoms with Crippen LogP contribution in [0.4, 0.5) is 22.0 Å². The summed E-state index contributed by atoms with van der Waals surface area (Å²) in [6, 6.07) is 0. The van der Waals surface area contributed by atoms with Crippen LogP contribution in [0.5, 0.6) is 0 Å². The monoisotopic (exact) mass is 360 g/mol. The zero-order valence-electron chi connectivity index (χ0n) is 10.8. The predicted octanol–water partition coefficient (Wildman–Crippen LogP) is 3.42. The van der Waals surface area contributed by atoms with Gasteiger partial charge in [0.05, 0.1) is 17.2 Å². The van der Waals surface area contributed by atoms with Gasteiger partial charge in [-0.3, -0.25) is 4.79 Å². The Morgan fingerprint density at radius 2 is 1.50 bits per heavy atom. The summed E-state index contributed by atoms with van der Waals surface area (Å²) in [6.45, 7) is 1.43. The van der Waals surface area contributed by atoms with Crippen LogP contribution in [0.1, 0.15) is 18.9 Å². The van der Waals surface area contributed by atoms with Crippen molar-refractivity contribution in [2.75, 3.05) is 0 Å². The molecule has 1 N–H and O–H groups in total. The number of carbonyl (C=O) groups is 1. The first-order valence-corrected chi connectivity index (χ1v) is 6.51. The minimum Gasteiger partial charge on any atom is -0.272 e. The summed E-state index contributed by atoms with van der Waals surface area (Å²) < 4.78 is 64.1. The lowest BCUT2D eigenvalue weighted by atomic mass is 10.1. The lowest BCUT2D eigenvalue weighted by Crippen LogP contribution is -2.29. The van der Waals surface area contributed by atoms with E-state index in [1.54, 1.807) is 0 Å². The summed E-state index contributed by atoms with van der Waals surface area (Å²) in [5.41, 5.74) is -0.539. The molecule has 1 amide bonds. The quantitative estimate of drug-likeness (QED) is 0.220. The van der Waals surface area contributed by atoms with Crippen LogP contribution < -0.4 is 5.43 Å². The second-order valence-electron chi connectivity index (χ2n) is 4.90. The maximum atomic E-state index is 13.3. The molecule has 1 fully saturated rings. The van der Waals surface area contributed by atoms with Crippen molar-refractivity contribution < 1.29 is 26.7 Å². The zero-order chi connectivity index (χ0) is 16.9. The predicted molar refractivity (Wildman–Crippen MR) is 69.1 cm³/mol. The number of nitrogens with one attached hydrogen (secondary N) is 1. The van der Waals surface area contributed by atoms with Gasteiger partial charge in [0.1, 0.15) is 4.33 Å². The number of hydrogen-bond acceptors (Lipinski definition) is 2. The van der Waals surface area contributed by atoms with E-state index in [2.05, 4.69) is 5.10 Å². The molecule has 1 aliphatic carbocycles. The molecule has 1 aromatic rings. The molecule has 0 radical (unpaired) electrons. The van der Waals surface area contributed by atoms with Crippen LogP contribution in [-0.4, -0.2) is 16.5 Å². The van der Waals surface area contributed by atoms with Gasteiger partial charge < -0.3 is 0 Å². The van der Waals surface area contributed by atoms with Gasteiger partial charge in [0.2, 0.25) is 11.7 Å². The van der Waals surface area contributed by atoms with Gasteiger partial charge in [-0.25, -0.2) is 27.4 Å². The Hall–Kier alpha value is -1.41. The van der Waals surface area contributed by atoms with E-state index in [-0.39, 0.29) is 6.42 Å². The van der Waals surface area contributed by atoms with E-state index in [0.29, 0.717) is 6.21 Å². The molecule has 1 unspecified atom stereocenters. The molecule has 0 heterocycles. The number of hydrogen-bond donors (Lipinski definition) is 1. The van der Waals surface area contributed by atoms with Crippen LogP contribution in [0.15, 0.2) is 5.10 Å². The van der Waals surface area contributed by atoms with Crippen molar-refractivity contribution in [3.8, 4) is 0 Å². The van der Waals surface area contributed by atoms with Gasteiger partial charge >= 0.3 is 0 Å². The van der Waals surface area contributed by atoms with Crippen molar-refractivity contribution in [3.05, 3.63) is 34.6 Å². The van der Waals surface area contributed by atoms with Gasteiger partial charge in [0, 0.05) is 0 Å². The largest absolute Gasteiger partial charge is 0.272 e. The molecule has 3 nitrogen and oxygen atoms in total. The summed E-state index contributed by atoms with van der Waals surface area (Å²) >= 11 is 11.5. The summed E-state index contributed by atoms with van der Waals surface area (Å²) in [5.74, 6) is -11.4. The van der Waals surface area contributed by atoms with Crippen molar-refractivity contribution in [2.24, 2.45) is 10.5 Å². The molecular formula is C12H7Cl2F5N2O. The summed E-state index contributed by atoms with van der Waals surface area (Å²) in [6.07, 6.45) is 0.442. The van der Waals surface area contributed by atoms with Crippen molar-refractivity contribution in [1.29, 1.82) is 0 Å². The molecule has 0 saturated heterocycles. The number of hydrazone groups is 1. The Kier molecular flexibility index (Phi) is 4.12. The van der Waals surface area contributed by atoms with E-state index in [1.807, 2.05) is 5.43 Å². The van der Waals surface area contributed by atoms with E-state index in [1.165, 1.54) is 6.92 Å². The van der Waals surface area contributed by atoms with Crippen LogP contribution in [0.25, 0.3) is 0 Å². The van der Waals surface area contributed by atoms with Crippen molar-refractivity contribution in [1.82, 2.24) is 5.43 Å². The van der Waals surface area contributed by atoms with Gasteiger partial charge in [-0.2, -0.15) is 5.10 Å². The molecule has 1 atom stereocenters. The van der Waals surface area contributed by atoms with Crippen LogP contribution in [0, 0.1) is 34.5 Å². The van der Waals surface area contributed by atoms with E-state index in [4.69, 9.17) is 23.2 Å². The van der Waals surface area contributed by atoms with Crippen LogP contribution in [0.3, 0.4) is 0 Å². The van der Waals surface area contributed by atoms with Gasteiger partial charge in [0.15, 0.2) is 23.3 Å². The molecular weight excluding hydrogens is 354 g/mol. The molecule has 10 heteroatoms. The molecule has 0 aromatic heterocycles. The van der Waals surface area contributed by atoms with E-state index >= 15 is 0 Å². The topological polar surface area (TPSA) is 41.5 Å². The fraction of sp³-hybridized carbons (Fsp3) is 0.333. The SMILES string of the molecule is CC1(C(=O)N/N=C\c2c(F)c(F)c(F)c(F)c2F)CC1(Cl)Cl. The highest BCUT2D eigenvalue weighted by molar-refractivity contribution is 6.53. The highest BCUT2D eigenvalue weighted by Gasteiger charge is 2.68. The third-order valence-corrected chi connectivity index (χ3v) is 4.46. The first-order valence-electron chi connectivity index (χ1n) is 5.75. The molecule has 1 saturated carbocycles. The number of carbonyl (C=O) groups excluding carboxylic acids is 1. The van der Waals surface area contributed by atoms with Crippen LogP contribution in [-0.2, 0) is 4.79 Å². The Balaban J connectivity index is 2.20. The average Bonchev–Trinajstić information content (AvgIpc) is 2.98. The molecule has 2 rings (SSSR count). The minimum atomic E-state index is -2.28. The fourth-order valence-corrected chi connectivity index (χ4v) is 2.37. The standard InChI is InChI=1S/C12H7Cl2F5N2O/c1-11(3-12(11,13)14)10(22)21-20-2-4-5(15)7(17)9(19)8(18)6(4)16/h2H,3H2,1H3,(H,21,22)/b20-2-. The molecule has 120 valence electrons. The number of alkyl halides is 2. The number of benzene rings is 1. The lowest BCUT2D eigenvalue weighted by Gasteiger charge is -2.09. The number of halogens is 7. The molecule has 1 aromatic carbocycles. The normalized spacial score (nSPS) is 22.9. The molecule has 0 bridgehead atoms. The fourth-order valence-electron chi connectivity index (χ4n) is 1.66. The summed E-state index contributed by atoms with van der Waals surface area (Å²) in [5, 5.41) is 3.17. The Morgan fingerprint density at radius 3 is 1.91 bits per heavy atom. The third kappa shape index (κ3) is 2.54. The van der Waals surface area contributed by atoms with Crippen LogP contribution in [0.2, 0.25) is 0 Å². The lowest BCUT2D eigenvalue weighted by molar-refractivity contribution is -0.125. The number of amides is 1. The maximum absolute atomic E-state index is 13.3. The first kappa shape index (κ1) is 17.0. The van der Waals surface area contributed by atoms with Crippen LogP contribution >= 0.6 is 23.2 Å². The zero-order valence-corrected chi connectivity index (χ0v) is 12.3. The smallest absolute Gasteiger partial charge is 0.249 e. The first-order chi connectivity index (χ1) is 10.0. The van der Waals surface area contributed by atoms with Gasteiger partial charge in [-0.1, -0.05) is 0 Å². The highest BCUT2D eigenvalue weighted by atomic mass is 35.5. The number of nitrogens with zero attached hydrogens (tertiary/aromatic N) is 1. The maximum Gasteiger partial charge on any atom is 0.249 e. The van der Waals surface area contributed by atoms with E-state index in [0.717, 1.165) is 0 Å². The molecule has 1 aliphatic rings. The van der Waals surface area contributed by atoms with Gasteiger partial charge in [-0.05, 0) is 13.3 Å². The van der Waals surface area contributed by atoms with E-state index < -0.39 is 50.3 Å². The van der Waals surface area contributed by atoms with Crippen molar-refractivity contribution in [2.45, 2.75) is 17.7 Å². The highest BCUT2D eigenvalue weighted by Crippen LogP contribution is 2.63. The van der Waals surface area contributed by atoms with E-state index in [9.17, 15) is 26.7 Å². The second kappa shape index (κ2) is 5.34. The third-order valence-electron chi connectivity index (χ3n) is 3.36. The van der Waals surface area contributed by atoms with Gasteiger partial charge in [-0.15, -0.1) is 23.2 Å². The Labute approximate surface area is 131 Å². The Bertz CT molecular complexity index is 666.